The molecule has 0 aliphatic heterocycles. The lowest BCUT2D eigenvalue weighted by Crippen LogP contribution is -2.32. The number of hydrogen-bond acceptors (Lipinski definition) is 5. The summed E-state index contributed by atoms with van der Waals surface area (Å²) in [5.74, 6) is -1.27. The van der Waals surface area contributed by atoms with Crippen LogP contribution in [0.5, 0.6) is 0 Å². The molecule has 0 fully saturated rings. The first-order chi connectivity index (χ1) is 16.6. The second-order valence-electron chi connectivity index (χ2n) is 8.62. The molecule has 186 valence electrons. The second kappa shape index (κ2) is 11.8. The van der Waals surface area contributed by atoms with Crippen molar-refractivity contribution in [2.45, 2.75) is 55.0 Å². The summed E-state index contributed by atoms with van der Waals surface area (Å²) in [6, 6.07) is 18.1. The number of halogens is 1. The van der Waals surface area contributed by atoms with Crippen LogP contribution in [-0.2, 0) is 22.7 Å². The van der Waals surface area contributed by atoms with Gasteiger partial charge in [0.2, 0.25) is 9.84 Å². The molecule has 0 bridgehead atoms. The molecule has 0 saturated carbocycles. The van der Waals surface area contributed by atoms with Gasteiger partial charge < -0.3 is 15.5 Å². The number of aryl methyl sites for hydroxylation is 1. The van der Waals surface area contributed by atoms with Crippen molar-refractivity contribution in [2.24, 2.45) is 0 Å². The van der Waals surface area contributed by atoms with E-state index in [-0.39, 0.29) is 21.4 Å². The number of nitrogens with one attached hydrogen (secondary N) is 1. The molecule has 6 nitrogen and oxygen atoms in total. The number of aromatic carboxylic acids is 1. The molecular formula is C27H30ClNO5S. The quantitative estimate of drug-likeness (QED) is 0.329. The second-order valence-corrected chi connectivity index (χ2v) is 11.0. The highest BCUT2D eigenvalue weighted by Gasteiger charge is 2.25. The monoisotopic (exact) mass is 515 g/mol. The number of sulfone groups is 1. The van der Waals surface area contributed by atoms with E-state index in [1.165, 1.54) is 24.3 Å². The molecule has 3 N–H and O–H groups in total. The predicted molar refractivity (Wildman–Crippen MR) is 137 cm³/mol. The van der Waals surface area contributed by atoms with E-state index >= 15 is 0 Å². The lowest BCUT2D eigenvalue weighted by molar-refractivity contribution is 0.0692. The molecular weight excluding hydrogens is 486 g/mol. The lowest BCUT2D eigenvalue weighted by atomic mass is 10.1. The maximum absolute atomic E-state index is 13.2. The Morgan fingerprint density at radius 1 is 1.03 bits per heavy atom. The summed E-state index contributed by atoms with van der Waals surface area (Å²) < 4.78 is 26.4. The van der Waals surface area contributed by atoms with E-state index in [4.69, 9.17) is 11.6 Å². The number of rotatable bonds is 11. The van der Waals surface area contributed by atoms with E-state index in [0.717, 1.165) is 23.1 Å². The van der Waals surface area contributed by atoms with Gasteiger partial charge in [-0.2, -0.15) is 0 Å². The van der Waals surface area contributed by atoms with Crippen LogP contribution in [0.3, 0.4) is 0 Å². The maximum Gasteiger partial charge on any atom is 0.337 e. The minimum Gasteiger partial charge on any atom is -0.478 e. The fourth-order valence-electron chi connectivity index (χ4n) is 3.92. The normalized spacial score (nSPS) is 13.4. The fraction of sp³-hybridized carbons (Fsp3) is 0.296. The molecule has 0 spiro atoms. The average molecular weight is 516 g/mol. The van der Waals surface area contributed by atoms with Crippen LogP contribution in [0.15, 0.2) is 76.5 Å². The van der Waals surface area contributed by atoms with Gasteiger partial charge >= 0.3 is 5.97 Å². The standard InChI is InChI=1S/C27H30ClNO5S/c1-3-5-19-10-13-26(24(15-19)27(31)32)35(33,34)23-11-8-20(9-12-23)14-18(2)29-17-25(30)21-6-4-7-22(28)16-21/h4,6-13,15-16,18,25,29-30H,3,5,14,17H2,1-2H3,(H,31,32)/t18-,25-/m1/s1. The molecule has 0 heterocycles. The molecule has 3 aromatic rings. The molecule has 2 atom stereocenters. The number of benzene rings is 3. The Bertz CT molecular complexity index is 1270. The van der Waals surface area contributed by atoms with Crippen LogP contribution in [0.1, 0.15) is 53.4 Å². The van der Waals surface area contributed by atoms with Crippen LogP contribution in [0.25, 0.3) is 0 Å². The molecule has 0 aliphatic carbocycles. The van der Waals surface area contributed by atoms with Crippen molar-refractivity contribution < 1.29 is 23.4 Å². The van der Waals surface area contributed by atoms with Crippen molar-refractivity contribution in [3.8, 4) is 0 Å². The van der Waals surface area contributed by atoms with Gasteiger partial charge in [-0.1, -0.05) is 55.3 Å². The van der Waals surface area contributed by atoms with Crippen molar-refractivity contribution in [3.63, 3.8) is 0 Å². The van der Waals surface area contributed by atoms with Crippen molar-refractivity contribution in [1.82, 2.24) is 5.32 Å². The first-order valence-corrected chi connectivity index (χ1v) is 13.3. The topological polar surface area (TPSA) is 104 Å². The Morgan fingerprint density at radius 2 is 1.71 bits per heavy atom. The smallest absolute Gasteiger partial charge is 0.337 e. The van der Waals surface area contributed by atoms with Gasteiger partial charge in [0.15, 0.2) is 0 Å². The van der Waals surface area contributed by atoms with Gasteiger partial charge in [0.05, 0.1) is 21.5 Å². The van der Waals surface area contributed by atoms with Gasteiger partial charge in [-0.05, 0) is 72.9 Å². The third-order valence-electron chi connectivity index (χ3n) is 5.77. The fourth-order valence-corrected chi connectivity index (χ4v) is 5.55. The van der Waals surface area contributed by atoms with Gasteiger partial charge in [-0.3, -0.25) is 0 Å². The lowest BCUT2D eigenvalue weighted by Gasteiger charge is -2.18. The van der Waals surface area contributed by atoms with E-state index < -0.39 is 21.9 Å². The Balaban J connectivity index is 1.68. The summed E-state index contributed by atoms with van der Waals surface area (Å²) in [5, 5.41) is 23.8. The average Bonchev–Trinajstić information content (AvgIpc) is 2.83. The van der Waals surface area contributed by atoms with E-state index in [1.807, 2.05) is 19.9 Å². The SMILES string of the molecule is CCCc1ccc(S(=O)(=O)c2ccc(C[C@@H](C)NC[C@@H](O)c3cccc(Cl)c3)cc2)c(C(=O)O)c1. The van der Waals surface area contributed by atoms with Crippen LogP contribution >= 0.6 is 11.6 Å². The highest BCUT2D eigenvalue weighted by atomic mass is 35.5. The van der Waals surface area contributed by atoms with Gasteiger partial charge in [-0.15, -0.1) is 0 Å². The molecule has 0 unspecified atom stereocenters. The zero-order valence-electron chi connectivity index (χ0n) is 19.7. The van der Waals surface area contributed by atoms with Crippen LogP contribution in [0.4, 0.5) is 0 Å². The highest BCUT2D eigenvalue weighted by Crippen LogP contribution is 2.26. The number of carboxylic acids is 1. The third kappa shape index (κ3) is 6.92. The minimum absolute atomic E-state index is 0.0241. The van der Waals surface area contributed by atoms with Crippen LogP contribution < -0.4 is 5.32 Å². The summed E-state index contributed by atoms with van der Waals surface area (Å²) in [5.41, 5.74) is 2.23. The van der Waals surface area contributed by atoms with Crippen LogP contribution in [0, 0.1) is 0 Å². The van der Waals surface area contributed by atoms with Crippen molar-refractivity contribution in [2.75, 3.05) is 6.54 Å². The summed E-state index contributed by atoms with van der Waals surface area (Å²) >= 11 is 5.98. The third-order valence-corrected chi connectivity index (χ3v) is 7.83. The van der Waals surface area contributed by atoms with Crippen LogP contribution in [-0.4, -0.2) is 37.2 Å². The minimum atomic E-state index is -3.99. The summed E-state index contributed by atoms with van der Waals surface area (Å²) in [7, 11) is -3.99. The molecule has 0 aromatic heterocycles. The van der Waals surface area contributed by atoms with Crippen molar-refractivity contribution >= 4 is 27.4 Å². The van der Waals surface area contributed by atoms with Crippen molar-refractivity contribution in [3.05, 3.63) is 94.0 Å². The van der Waals surface area contributed by atoms with Gasteiger partial charge in [0.1, 0.15) is 0 Å². The molecule has 3 rings (SSSR count). The molecule has 3 aromatic carbocycles. The van der Waals surface area contributed by atoms with E-state index in [2.05, 4.69) is 5.32 Å². The molecule has 0 aliphatic rings. The zero-order chi connectivity index (χ0) is 25.6. The zero-order valence-corrected chi connectivity index (χ0v) is 21.3. The van der Waals surface area contributed by atoms with Gasteiger partial charge in [0, 0.05) is 17.6 Å². The van der Waals surface area contributed by atoms with E-state index in [1.54, 1.807) is 36.4 Å². The largest absolute Gasteiger partial charge is 0.478 e. The van der Waals surface area contributed by atoms with Gasteiger partial charge in [-0.25, -0.2) is 13.2 Å². The van der Waals surface area contributed by atoms with Crippen molar-refractivity contribution in [1.29, 1.82) is 0 Å². The molecule has 0 saturated heterocycles. The number of aliphatic hydroxyl groups excluding tert-OH is 1. The molecule has 0 amide bonds. The van der Waals surface area contributed by atoms with Gasteiger partial charge in [0.25, 0.3) is 0 Å². The van der Waals surface area contributed by atoms with E-state index in [9.17, 15) is 23.4 Å². The molecule has 0 radical (unpaired) electrons. The Kier molecular flexibility index (Phi) is 9.08. The highest BCUT2D eigenvalue weighted by molar-refractivity contribution is 7.91. The maximum atomic E-state index is 13.2. The Hall–Kier alpha value is -2.71. The molecule has 35 heavy (non-hydrogen) atoms. The van der Waals surface area contributed by atoms with E-state index in [0.29, 0.717) is 24.4 Å². The number of aliphatic hydroxyl groups is 1. The summed E-state index contributed by atoms with van der Waals surface area (Å²) in [4.78, 5) is 11.6. The summed E-state index contributed by atoms with van der Waals surface area (Å²) in [6.07, 6.45) is 1.43. The number of carboxylic acid groups (broad SMARTS) is 1. The predicted octanol–water partition coefficient (Wildman–Crippen LogP) is 5.08. The Morgan fingerprint density at radius 3 is 2.34 bits per heavy atom. The molecule has 8 heteroatoms. The summed E-state index contributed by atoms with van der Waals surface area (Å²) in [6.45, 7) is 4.30. The number of hydrogen-bond donors (Lipinski definition) is 3. The first-order valence-electron chi connectivity index (χ1n) is 11.5. The number of carbonyl (C=O) groups is 1. The van der Waals surface area contributed by atoms with Crippen LogP contribution in [0.2, 0.25) is 5.02 Å². The Labute approximate surface area is 211 Å². The first kappa shape index (κ1) is 26.9.